The fourth-order valence-electron chi connectivity index (χ4n) is 1.66. The van der Waals surface area contributed by atoms with Crippen LogP contribution in [-0.2, 0) is 9.53 Å². The third kappa shape index (κ3) is 5.74. The van der Waals surface area contributed by atoms with Gasteiger partial charge < -0.3 is 15.2 Å². The summed E-state index contributed by atoms with van der Waals surface area (Å²) in [5.41, 5.74) is 0.320. The molecule has 0 radical (unpaired) electrons. The van der Waals surface area contributed by atoms with Crippen molar-refractivity contribution in [1.29, 1.82) is 0 Å². The number of carboxylic acid groups (broad SMARTS) is 1. The van der Waals surface area contributed by atoms with E-state index in [1.807, 2.05) is 0 Å². The van der Waals surface area contributed by atoms with Gasteiger partial charge in [-0.2, -0.15) is 0 Å². The molecule has 0 bridgehead atoms. The summed E-state index contributed by atoms with van der Waals surface area (Å²) in [6.45, 7) is 2.29. The molecular weight excluding hydrogens is 277 g/mol. The quantitative estimate of drug-likeness (QED) is 0.755. The average Bonchev–Trinajstić information content (AvgIpc) is 2.43. The number of ether oxygens (including phenoxy) is 1. The number of rotatable bonds is 7. The maximum Gasteiger partial charge on any atom is 0.328 e. The molecule has 6 heteroatoms. The van der Waals surface area contributed by atoms with E-state index in [-0.39, 0.29) is 11.6 Å². The van der Waals surface area contributed by atoms with E-state index >= 15 is 0 Å². The van der Waals surface area contributed by atoms with Crippen molar-refractivity contribution in [3.63, 3.8) is 0 Å². The van der Waals surface area contributed by atoms with Crippen LogP contribution in [0.4, 0.5) is 4.39 Å². The Balaban J connectivity index is 2.83. The first-order valence-electron chi connectivity index (χ1n) is 6.44. The zero-order valence-corrected chi connectivity index (χ0v) is 11.9. The Kier molecular flexibility index (Phi) is 6.55. The number of amides is 1. The molecular formula is C15H18FNO4. The predicted octanol–water partition coefficient (Wildman–Crippen LogP) is 2.08. The summed E-state index contributed by atoms with van der Waals surface area (Å²) in [4.78, 5) is 22.4. The van der Waals surface area contributed by atoms with Crippen LogP contribution in [0.2, 0.25) is 0 Å². The minimum Gasteiger partial charge on any atom is -0.478 e. The lowest BCUT2D eigenvalue weighted by Gasteiger charge is -2.14. The number of methoxy groups -OCH3 is 1. The van der Waals surface area contributed by atoms with Crippen molar-refractivity contribution < 1.29 is 23.8 Å². The molecule has 1 atom stereocenters. The highest BCUT2D eigenvalue weighted by Gasteiger charge is 2.14. The van der Waals surface area contributed by atoms with E-state index in [4.69, 9.17) is 9.84 Å². The first-order chi connectivity index (χ1) is 9.93. The van der Waals surface area contributed by atoms with Gasteiger partial charge in [0, 0.05) is 25.8 Å². The van der Waals surface area contributed by atoms with Gasteiger partial charge in [-0.25, -0.2) is 9.18 Å². The van der Waals surface area contributed by atoms with E-state index in [1.165, 1.54) is 18.2 Å². The number of carboxylic acids is 1. The standard InChI is InChI=1S/C15H18FNO4/c1-10(7-8-21-2)17-15(20)12-9-11(3-5-13(12)16)4-6-14(18)19/h3-6,9-10H,7-8H2,1-2H3,(H,17,20)(H,18,19). The fourth-order valence-corrected chi connectivity index (χ4v) is 1.66. The van der Waals surface area contributed by atoms with Crippen molar-refractivity contribution in [1.82, 2.24) is 5.32 Å². The highest BCUT2D eigenvalue weighted by atomic mass is 19.1. The van der Waals surface area contributed by atoms with E-state index < -0.39 is 17.7 Å². The SMILES string of the molecule is COCCC(C)NC(=O)c1cc(C=CC(=O)O)ccc1F. The summed E-state index contributed by atoms with van der Waals surface area (Å²) >= 11 is 0. The van der Waals surface area contributed by atoms with Crippen molar-refractivity contribution in [3.8, 4) is 0 Å². The minimum absolute atomic E-state index is 0.119. The largest absolute Gasteiger partial charge is 0.478 e. The van der Waals surface area contributed by atoms with Crippen molar-refractivity contribution in [2.24, 2.45) is 0 Å². The smallest absolute Gasteiger partial charge is 0.328 e. The van der Waals surface area contributed by atoms with E-state index in [9.17, 15) is 14.0 Å². The molecule has 1 unspecified atom stereocenters. The molecule has 0 aliphatic carbocycles. The van der Waals surface area contributed by atoms with Crippen LogP contribution in [0, 0.1) is 5.82 Å². The molecule has 5 nitrogen and oxygen atoms in total. The Bertz CT molecular complexity index is 542. The zero-order valence-electron chi connectivity index (χ0n) is 11.9. The summed E-state index contributed by atoms with van der Waals surface area (Å²) < 4.78 is 18.6. The van der Waals surface area contributed by atoms with E-state index in [2.05, 4.69) is 5.32 Å². The van der Waals surface area contributed by atoms with Gasteiger partial charge in [0.05, 0.1) is 5.56 Å². The van der Waals surface area contributed by atoms with Gasteiger partial charge in [-0.1, -0.05) is 6.07 Å². The van der Waals surface area contributed by atoms with Gasteiger partial charge in [0.2, 0.25) is 0 Å². The first-order valence-corrected chi connectivity index (χ1v) is 6.44. The lowest BCUT2D eigenvalue weighted by Crippen LogP contribution is -2.33. The minimum atomic E-state index is -1.11. The van der Waals surface area contributed by atoms with Gasteiger partial charge in [0.25, 0.3) is 5.91 Å². The summed E-state index contributed by atoms with van der Waals surface area (Å²) in [5.74, 6) is -2.31. The fraction of sp³-hybridized carbons (Fsp3) is 0.333. The monoisotopic (exact) mass is 295 g/mol. The zero-order chi connectivity index (χ0) is 15.8. The normalized spacial score (nSPS) is 12.3. The van der Waals surface area contributed by atoms with Gasteiger partial charge >= 0.3 is 5.97 Å². The number of benzene rings is 1. The van der Waals surface area contributed by atoms with Crippen LogP contribution in [0.5, 0.6) is 0 Å². The number of carbonyl (C=O) groups excluding carboxylic acids is 1. The van der Waals surface area contributed by atoms with Crippen LogP contribution in [0.25, 0.3) is 6.08 Å². The van der Waals surface area contributed by atoms with Crippen LogP contribution in [0.1, 0.15) is 29.3 Å². The van der Waals surface area contributed by atoms with Crippen LogP contribution in [-0.4, -0.2) is 36.7 Å². The topological polar surface area (TPSA) is 75.6 Å². The summed E-state index contributed by atoms with van der Waals surface area (Å²) in [6, 6.07) is 3.69. The molecule has 0 saturated carbocycles. The summed E-state index contributed by atoms with van der Waals surface area (Å²) in [7, 11) is 1.56. The van der Waals surface area contributed by atoms with E-state index in [0.717, 1.165) is 12.1 Å². The average molecular weight is 295 g/mol. The molecule has 0 spiro atoms. The van der Waals surface area contributed by atoms with Crippen molar-refractivity contribution in [2.75, 3.05) is 13.7 Å². The first kappa shape index (κ1) is 16.8. The molecule has 1 aromatic carbocycles. The molecule has 2 N–H and O–H groups in total. The van der Waals surface area contributed by atoms with Crippen LogP contribution in [0.15, 0.2) is 24.3 Å². The molecule has 1 amide bonds. The maximum absolute atomic E-state index is 13.7. The second-order valence-electron chi connectivity index (χ2n) is 4.57. The molecule has 1 aromatic rings. The molecule has 21 heavy (non-hydrogen) atoms. The third-order valence-electron chi connectivity index (χ3n) is 2.79. The Labute approximate surface area is 122 Å². The van der Waals surface area contributed by atoms with Gasteiger partial charge in [-0.05, 0) is 37.1 Å². The van der Waals surface area contributed by atoms with Gasteiger partial charge in [-0.3, -0.25) is 4.79 Å². The van der Waals surface area contributed by atoms with Crippen LogP contribution in [0.3, 0.4) is 0 Å². The van der Waals surface area contributed by atoms with Crippen molar-refractivity contribution in [3.05, 3.63) is 41.2 Å². The molecule has 0 heterocycles. The maximum atomic E-state index is 13.7. The van der Waals surface area contributed by atoms with E-state index in [0.29, 0.717) is 18.6 Å². The Morgan fingerprint density at radius 3 is 2.81 bits per heavy atom. The molecule has 0 aromatic heterocycles. The highest BCUT2D eigenvalue weighted by Crippen LogP contribution is 2.12. The van der Waals surface area contributed by atoms with Crippen LogP contribution < -0.4 is 5.32 Å². The third-order valence-corrected chi connectivity index (χ3v) is 2.79. The molecule has 0 saturated heterocycles. The summed E-state index contributed by atoms with van der Waals surface area (Å²) in [5, 5.41) is 11.2. The Morgan fingerprint density at radius 2 is 2.19 bits per heavy atom. The highest BCUT2D eigenvalue weighted by molar-refractivity contribution is 5.95. The predicted molar refractivity (Wildman–Crippen MR) is 76.5 cm³/mol. The summed E-state index contributed by atoms with van der Waals surface area (Å²) in [6.07, 6.45) is 2.84. The van der Waals surface area contributed by atoms with Crippen molar-refractivity contribution in [2.45, 2.75) is 19.4 Å². The van der Waals surface area contributed by atoms with Gasteiger partial charge in [0.1, 0.15) is 5.82 Å². The second kappa shape index (κ2) is 8.16. The van der Waals surface area contributed by atoms with E-state index in [1.54, 1.807) is 14.0 Å². The second-order valence-corrected chi connectivity index (χ2v) is 4.57. The number of hydrogen-bond acceptors (Lipinski definition) is 3. The lowest BCUT2D eigenvalue weighted by atomic mass is 10.1. The molecule has 0 fully saturated rings. The number of aliphatic carboxylic acids is 1. The molecule has 1 rings (SSSR count). The number of carbonyl (C=O) groups is 2. The Morgan fingerprint density at radius 1 is 1.48 bits per heavy atom. The molecule has 0 aliphatic rings. The number of nitrogens with one attached hydrogen (secondary N) is 1. The van der Waals surface area contributed by atoms with Crippen molar-refractivity contribution >= 4 is 18.0 Å². The number of halogens is 1. The number of hydrogen-bond donors (Lipinski definition) is 2. The lowest BCUT2D eigenvalue weighted by molar-refractivity contribution is -0.131. The molecule has 0 aliphatic heterocycles. The molecule has 114 valence electrons. The van der Waals surface area contributed by atoms with Gasteiger partial charge in [0.15, 0.2) is 0 Å². The van der Waals surface area contributed by atoms with Crippen LogP contribution >= 0.6 is 0 Å². The van der Waals surface area contributed by atoms with Gasteiger partial charge in [-0.15, -0.1) is 0 Å². The Hall–Kier alpha value is -2.21.